The van der Waals surface area contributed by atoms with Gasteiger partial charge in [-0.15, -0.1) is 0 Å². The number of rotatable bonds is 4. The standard InChI is InChI=1S/C21H26FN3O2/c1-24(13-17-11-15-10-16(22)7-8-19(15)23-17)21(27)14-6-9-20(26)25(12-14)18-4-2-3-5-18/h7-8,10-11,14,18,23H,2-6,9,12-13H2,1H3/t14-/m0/s1. The van der Waals surface area contributed by atoms with Crippen molar-refractivity contribution in [3.63, 3.8) is 0 Å². The molecule has 2 heterocycles. The summed E-state index contributed by atoms with van der Waals surface area (Å²) in [6.45, 7) is 0.994. The molecule has 0 spiro atoms. The summed E-state index contributed by atoms with van der Waals surface area (Å²) in [6.07, 6.45) is 5.57. The lowest BCUT2D eigenvalue weighted by atomic mass is 9.94. The van der Waals surface area contributed by atoms with Crippen molar-refractivity contribution < 1.29 is 14.0 Å². The molecular formula is C21H26FN3O2. The van der Waals surface area contributed by atoms with E-state index in [0.29, 0.717) is 32.0 Å². The van der Waals surface area contributed by atoms with E-state index in [1.165, 1.54) is 25.0 Å². The van der Waals surface area contributed by atoms with Gasteiger partial charge in [-0.2, -0.15) is 0 Å². The zero-order valence-corrected chi connectivity index (χ0v) is 15.7. The van der Waals surface area contributed by atoms with Gasteiger partial charge in [-0.3, -0.25) is 9.59 Å². The Labute approximate surface area is 158 Å². The van der Waals surface area contributed by atoms with Gasteiger partial charge in [-0.05, 0) is 43.5 Å². The largest absolute Gasteiger partial charge is 0.357 e. The van der Waals surface area contributed by atoms with Crippen molar-refractivity contribution in [1.29, 1.82) is 0 Å². The molecule has 2 amide bonds. The Morgan fingerprint density at radius 1 is 1.26 bits per heavy atom. The summed E-state index contributed by atoms with van der Waals surface area (Å²) in [7, 11) is 1.80. The van der Waals surface area contributed by atoms with Gasteiger partial charge in [-0.1, -0.05) is 12.8 Å². The monoisotopic (exact) mass is 371 g/mol. The van der Waals surface area contributed by atoms with Gasteiger partial charge in [0.2, 0.25) is 11.8 Å². The van der Waals surface area contributed by atoms with Crippen LogP contribution in [0.3, 0.4) is 0 Å². The topological polar surface area (TPSA) is 56.4 Å². The molecular weight excluding hydrogens is 345 g/mol. The number of likely N-dealkylation sites (tertiary alicyclic amines) is 1. The molecule has 1 N–H and O–H groups in total. The van der Waals surface area contributed by atoms with Gasteiger partial charge >= 0.3 is 0 Å². The molecule has 1 aromatic carbocycles. The first-order chi connectivity index (χ1) is 13.0. The molecule has 2 fully saturated rings. The summed E-state index contributed by atoms with van der Waals surface area (Å²) < 4.78 is 13.4. The molecule has 0 bridgehead atoms. The molecule has 27 heavy (non-hydrogen) atoms. The van der Waals surface area contributed by atoms with E-state index in [4.69, 9.17) is 0 Å². The smallest absolute Gasteiger partial charge is 0.227 e. The van der Waals surface area contributed by atoms with Gasteiger partial charge < -0.3 is 14.8 Å². The average Bonchev–Trinajstić information content (AvgIpc) is 3.30. The number of halogens is 1. The van der Waals surface area contributed by atoms with Crippen molar-refractivity contribution in [2.75, 3.05) is 13.6 Å². The van der Waals surface area contributed by atoms with Gasteiger partial charge in [0.15, 0.2) is 0 Å². The number of benzene rings is 1. The van der Waals surface area contributed by atoms with Crippen molar-refractivity contribution in [2.24, 2.45) is 5.92 Å². The van der Waals surface area contributed by atoms with Gasteiger partial charge in [0.05, 0.1) is 12.5 Å². The van der Waals surface area contributed by atoms with Crippen LogP contribution < -0.4 is 0 Å². The molecule has 1 aromatic heterocycles. The fraction of sp³-hybridized carbons (Fsp3) is 0.524. The van der Waals surface area contributed by atoms with E-state index in [-0.39, 0.29) is 23.5 Å². The second kappa shape index (κ2) is 7.33. The number of piperidine rings is 1. The molecule has 1 aliphatic heterocycles. The Kier molecular flexibility index (Phi) is 4.89. The Balaban J connectivity index is 1.42. The van der Waals surface area contributed by atoms with Crippen LogP contribution in [0.2, 0.25) is 0 Å². The van der Waals surface area contributed by atoms with Crippen molar-refractivity contribution in [3.8, 4) is 0 Å². The maximum absolute atomic E-state index is 13.4. The van der Waals surface area contributed by atoms with Crippen LogP contribution in [0.15, 0.2) is 24.3 Å². The first-order valence-electron chi connectivity index (χ1n) is 9.83. The third-order valence-electron chi connectivity index (χ3n) is 5.98. The molecule has 1 atom stereocenters. The van der Waals surface area contributed by atoms with E-state index in [1.807, 2.05) is 11.0 Å². The number of nitrogens with one attached hydrogen (secondary N) is 1. The minimum atomic E-state index is -0.267. The molecule has 5 nitrogen and oxygen atoms in total. The van der Waals surface area contributed by atoms with Crippen molar-refractivity contribution in [2.45, 2.75) is 51.1 Å². The second-order valence-electron chi connectivity index (χ2n) is 7.94. The maximum Gasteiger partial charge on any atom is 0.227 e. The summed E-state index contributed by atoms with van der Waals surface area (Å²) >= 11 is 0. The van der Waals surface area contributed by atoms with Gasteiger partial charge in [0.1, 0.15) is 5.82 Å². The number of nitrogens with zero attached hydrogens (tertiary/aromatic N) is 2. The first kappa shape index (κ1) is 18.0. The highest BCUT2D eigenvalue weighted by Crippen LogP contribution is 2.29. The lowest BCUT2D eigenvalue weighted by Gasteiger charge is -2.37. The molecule has 1 aliphatic carbocycles. The fourth-order valence-corrected chi connectivity index (χ4v) is 4.54. The van der Waals surface area contributed by atoms with Crippen molar-refractivity contribution in [3.05, 3.63) is 35.8 Å². The molecule has 144 valence electrons. The molecule has 1 saturated heterocycles. The second-order valence-corrected chi connectivity index (χ2v) is 7.94. The maximum atomic E-state index is 13.4. The first-order valence-corrected chi connectivity index (χ1v) is 9.83. The van der Waals surface area contributed by atoms with Crippen LogP contribution in [0.4, 0.5) is 4.39 Å². The minimum Gasteiger partial charge on any atom is -0.357 e. The van der Waals surface area contributed by atoms with Crippen LogP contribution in [-0.2, 0) is 16.1 Å². The number of aromatic nitrogens is 1. The van der Waals surface area contributed by atoms with Gasteiger partial charge in [0.25, 0.3) is 0 Å². The van der Waals surface area contributed by atoms with Crippen LogP contribution in [-0.4, -0.2) is 46.2 Å². The molecule has 6 heteroatoms. The van der Waals surface area contributed by atoms with Crippen molar-refractivity contribution >= 4 is 22.7 Å². The van der Waals surface area contributed by atoms with Gasteiger partial charge in [0, 0.05) is 42.7 Å². The number of hydrogen-bond donors (Lipinski definition) is 1. The zero-order valence-electron chi connectivity index (χ0n) is 15.7. The number of carbonyl (C=O) groups excluding carboxylic acids is 2. The Morgan fingerprint density at radius 3 is 2.81 bits per heavy atom. The van der Waals surface area contributed by atoms with Crippen LogP contribution in [0.1, 0.15) is 44.2 Å². The van der Waals surface area contributed by atoms with E-state index in [0.717, 1.165) is 29.4 Å². The molecule has 0 radical (unpaired) electrons. The predicted octanol–water partition coefficient (Wildman–Crippen LogP) is 3.45. The predicted molar refractivity (Wildman–Crippen MR) is 101 cm³/mol. The zero-order chi connectivity index (χ0) is 19.0. The van der Waals surface area contributed by atoms with Crippen LogP contribution >= 0.6 is 0 Å². The molecule has 0 unspecified atom stereocenters. The fourth-order valence-electron chi connectivity index (χ4n) is 4.54. The number of fused-ring (bicyclic) bond motifs is 1. The highest BCUT2D eigenvalue weighted by molar-refractivity contribution is 5.84. The molecule has 4 rings (SSSR count). The van der Waals surface area contributed by atoms with Crippen molar-refractivity contribution in [1.82, 2.24) is 14.8 Å². The molecule has 2 aromatic rings. The highest BCUT2D eigenvalue weighted by Gasteiger charge is 2.36. The lowest BCUT2D eigenvalue weighted by Crippen LogP contribution is -2.49. The van der Waals surface area contributed by atoms with Crippen LogP contribution in [0, 0.1) is 11.7 Å². The Hall–Kier alpha value is -2.37. The summed E-state index contributed by atoms with van der Waals surface area (Å²) in [4.78, 5) is 32.2. The van der Waals surface area contributed by atoms with E-state index >= 15 is 0 Å². The minimum absolute atomic E-state index is 0.0790. The summed E-state index contributed by atoms with van der Waals surface area (Å²) in [5, 5.41) is 0.807. The SMILES string of the molecule is CN(Cc1cc2cc(F)ccc2[nH]1)C(=O)[C@H]1CCC(=O)N(C2CCCC2)C1. The molecule has 2 aliphatic rings. The quantitative estimate of drug-likeness (QED) is 0.895. The summed E-state index contributed by atoms with van der Waals surface area (Å²) in [6, 6.07) is 6.83. The van der Waals surface area contributed by atoms with Crippen LogP contribution in [0.25, 0.3) is 10.9 Å². The van der Waals surface area contributed by atoms with E-state index < -0.39 is 0 Å². The van der Waals surface area contributed by atoms with E-state index in [1.54, 1.807) is 18.0 Å². The number of hydrogen-bond acceptors (Lipinski definition) is 2. The molecule has 1 saturated carbocycles. The third kappa shape index (κ3) is 3.70. The summed E-state index contributed by atoms with van der Waals surface area (Å²) in [5.41, 5.74) is 1.74. The normalized spacial score (nSPS) is 21.2. The summed E-state index contributed by atoms with van der Waals surface area (Å²) in [5.74, 6) is -0.118. The van der Waals surface area contributed by atoms with E-state index in [9.17, 15) is 14.0 Å². The average molecular weight is 371 g/mol. The number of carbonyl (C=O) groups is 2. The van der Waals surface area contributed by atoms with Crippen LogP contribution in [0.5, 0.6) is 0 Å². The number of H-pyrrole nitrogens is 1. The Morgan fingerprint density at radius 2 is 2.04 bits per heavy atom. The Bertz CT molecular complexity index is 856. The number of aromatic amines is 1. The van der Waals surface area contributed by atoms with E-state index in [2.05, 4.69) is 4.98 Å². The lowest BCUT2D eigenvalue weighted by molar-refractivity contribution is -0.144. The third-order valence-corrected chi connectivity index (χ3v) is 5.98. The van der Waals surface area contributed by atoms with Gasteiger partial charge in [-0.25, -0.2) is 4.39 Å². The highest BCUT2D eigenvalue weighted by atomic mass is 19.1. The number of amides is 2.